The Morgan fingerprint density at radius 3 is 2.80 bits per heavy atom. The molecule has 1 fully saturated rings. The summed E-state index contributed by atoms with van der Waals surface area (Å²) in [5.41, 5.74) is 3.17. The Balaban J connectivity index is 1.62. The molecule has 132 valence electrons. The highest BCUT2D eigenvalue weighted by Gasteiger charge is 2.54. The minimum atomic E-state index is -0.367. The van der Waals surface area contributed by atoms with Gasteiger partial charge in [0.05, 0.1) is 11.6 Å². The van der Waals surface area contributed by atoms with Gasteiger partial charge in [0, 0.05) is 44.1 Å². The van der Waals surface area contributed by atoms with Crippen molar-refractivity contribution in [3.8, 4) is 0 Å². The molecule has 0 bridgehead atoms. The molecule has 5 nitrogen and oxygen atoms in total. The summed E-state index contributed by atoms with van der Waals surface area (Å²) in [6.45, 7) is 7.74. The summed E-state index contributed by atoms with van der Waals surface area (Å²) in [5, 5.41) is 4.26. The largest absolute Gasteiger partial charge is 0.311 e. The van der Waals surface area contributed by atoms with Gasteiger partial charge in [-0.3, -0.25) is 14.4 Å². The molecule has 2 aliphatic heterocycles. The molecule has 0 unspecified atom stereocenters. The number of aryl methyl sites for hydroxylation is 1. The number of anilines is 1. The maximum Gasteiger partial charge on any atom is 0.239 e. The molecule has 0 saturated carbocycles. The topological polar surface area (TPSA) is 41.4 Å². The van der Waals surface area contributed by atoms with Gasteiger partial charge in [0.2, 0.25) is 5.91 Å². The predicted octanol–water partition coefficient (Wildman–Crippen LogP) is 2.57. The highest BCUT2D eigenvalue weighted by Crippen LogP contribution is 2.47. The van der Waals surface area contributed by atoms with Crippen molar-refractivity contribution < 1.29 is 4.79 Å². The van der Waals surface area contributed by atoms with Crippen molar-refractivity contribution in [3.05, 3.63) is 47.8 Å². The van der Waals surface area contributed by atoms with Gasteiger partial charge in [0.1, 0.15) is 0 Å². The minimum Gasteiger partial charge on any atom is -0.311 e. The number of nitrogens with zero attached hydrogens (tertiary/aromatic N) is 4. The van der Waals surface area contributed by atoms with Crippen LogP contribution in [0.25, 0.3) is 0 Å². The Morgan fingerprint density at radius 2 is 2.08 bits per heavy atom. The molecule has 1 atom stereocenters. The Morgan fingerprint density at radius 1 is 1.28 bits per heavy atom. The van der Waals surface area contributed by atoms with Crippen molar-refractivity contribution in [1.82, 2.24) is 14.7 Å². The first kappa shape index (κ1) is 16.3. The molecule has 1 spiro atoms. The Bertz CT molecular complexity index is 796. The predicted molar refractivity (Wildman–Crippen MR) is 98.4 cm³/mol. The summed E-state index contributed by atoms with van der Waals surface area (Å²) in [4.78, 5) is 17.8. The number of benzene rings is 1. The lowest BCUT2D eigenvalue weighted by Crippen LogP contribution is -2.43. The number of carbonyl (C=O) groups is 1. The van der Waals surface area contributed by atoms with Crippen molar-refractivity contribution in [2.45, 2.75) is 32.2 Å². The van der Waals surface area contributed by atoms with Gasteiger partial charge in [0.15, 0.2) is 0 Å². The van der Waals surface area contributed by atoms with E-state index in [0.717, 1.165) is 38.3 Å². The standard InChI is InChI=1S/C20H26N4O/c1-15(2)11-24-18-7-5-4-6-17(18)20(19(24)25)8-9-23(14-20)13-16-10-21-22(3)12-16/h4-7,10,12,15H,8-9,11,13-14H2,1-3H3/t20-/m1/s1. The summed E-state index contributed by atoms with van der Waals surface area (Å²) in [7, 11) is 1.94. The second-order valence-corrected chi connectivity index (χ2v) is 7.89. The molecular weight excluding hydrogens is 312 g/mol. The van der Waals surface area contributed by atoms with Crippen molar-refractivity contribution in [1.29, 1.82) is 0 Å². The molecule has 1 saturated heterocycles. The highest BCUT2D eigenvalue weighted by molar-refractivity contribution is 6.08. The van der Waals surface area contributed by atoms with E-state index in [-0.39, 0.29) is 11.3 Å². The van der Waals surface area contributed by atoms with Crippen LogP contribution in [0.2, 0.25) is 0 Å². The number of likely N-dealkylation sites (tertiary alicyclic amines) is 1. The number of hydrogen-bond acceptors (Lipinski definition) is 3. The van der Waals surface area contributed by atoms with Gasteiger partial charge in [0.25, 0.3) is 0 Å². The van der Waals surface area contributed by atoms with Gasteiger partial charge in [-0.25, -0.2) is 0 Å². The maximum atomic E-state index is 13.4. The second kappa shape index (κ2) is 5.99. The Hall–Kier alpha value is -2.14. The van der Waals surface area contributed by atoms with Crippen LogP contribution in [0.3, 0.4) is 0 Å². The fourth-order valence-corrected chi connectivity index (χ4v) is 4.37. The lowest BCUT2D eigenvalue weighted by atomic mass is 9.81. The number of para-hydroxylation sites is 1. The number of amides is 1. The van der Waals surface area contributed by atoms with Gasteiger partial charge in [-0.15, -0.1) is 0 Å². The van der Waals surface area contributed by atoms with Gasteiger partial charge < -0.3 is 4.90 Å². The molecule has 4 rings (SSSR count). The fourth-order valence-electron chi connectivity index (χ4n) is 4.37. The van der Waals surface area contributed by atoms with Crippen molar-refractivity contribution in [3.63, 3.8) is 0 Å². The van der Waals surface area contributed by atoms with E-state index in [0.29, 0.717) is 5.92 Å². The lowest BCUT2D eigenvalue weighted by molar-refractivity contribution is -0.122. The minimum absolute atomic E-state index is 0.288. The number of hydrogen-bond donors (Lipinski definition) is 0. The summed E-state index contributed by atoms with van der Waals surface area (Å²) in [5.74, 6) is 0.746. The fraction of sp³-hybridized carbons (Fsp3) is 0.500. The quantitative estimate of drug-likeness (QED) is 0.860. The molecule has 1 aromatic carbocycles. The zero-order valence-corrected chi connectivity index (χ0v) is 15.3. The van der Waals surface area contributed by atoms with Crippen molar-refractivity contribution in [2.75, 3.05) is 24.5 Å². The summed E-state index contributed by atoms with van der Waals surface area (Å²) >= 11 is 0. The Kier molecular flexibility index (Phi) is 3.91. The molecule has 25 heavy (non-hydrogen) atoms. The molecule has 2 aromatic rings. The third kappa shape index (κ3) is 2.67. The first-order chi connectivity index (χ1) is 12.0. The monoisotopic (exact) mass is 338 g/mol. The average Bonchev–Trinajstić information content (AvgIpc) is 3.24. The van der Waals surface area contributed by atoms with E-state index >= 15 is 0 Å². The molecule has 0 radical (unpaired) electrons. The summed E-state index contributed by atoms with van der Waals surface area (Å²) in [6.07, 6.45) is 4.87. The van der Waals surface area contributed by atoms with Crippen LogP contribution in [0.15, 0.2) is 36.7 Å². The van der Waals surface area contributed by atoms with Crippen LogP contribution in [-0.2, 0) is 23.8 Å². The molecule has 0 N–H and O–H groups in total. The van der Waals surface area contributed by atoms with Gasteiger partial charge in [-0.1, -0.05) is 32.0 Å². The first-order valence-electron chi connectivity index (χ1n) is 9.11. The summed E-state index contributed by atoms with van der Waals surface area (Å²) in [6, 6.07) is 8.37. The average molecular weight is 338 g/mol. The lowest BCUT2D eigenvalue weighted by Gasteiger charge is -2.25. The third-order valence-electron chi connectivity index (χ3n) is 5.43. The molecule has 0 aliphatic carbocycles. The first-order valence-corrected chi connectivity index (χ1v) is 9.11. The van der Waals surface area contributed by atoms with Gasteiger partial charge >= 0.3 is 0 Å². The van der Waals surface area contributed by atoms with E-state index in [1.165, 1.54) is 11.1 Å². The van der Waals surface area contributed by atoms with Crippen LogP contribution in [0.4, 0.5) is 5.69 Å². The smallest absolute Gasteiger partial charge is 0.239 e. The third-order valence-corrected chi connectivity index (χ3v) is 5.43. The molecule has 5 heteroatoms. The normalized spacial score (nSPS) is 23.2. The maximum absolute atomic E-state index is 13.4. The van der Waals surface area contributed by atoms with E-state index in [1.54, 1.807) is 0 Å². The van der Waals surface area contributed by atoms with Crippen LogP contribution >= 0.6 is 0 Å². The highest BCUT2D eigenvalue weighted by atomic mass is 16.2. The second-order valence-electron chi connectivity index (χ2n) is 7.89. The number of carbonyl (C=O) groups excluding carboxylic acids is 1. The zero-order valence-electron chi connectivity index (χ0n) is 15.3. The van der Waals surface area contributed by atoms with Crippen molar-refractivity contribution >= 4 is 11.6 Å². The SMILES string of the molecule is CC(C)CN1C(=O)[C@@]2(CCN(Cc3cnn(C)c3)C2)c2ccccc21. The van der Waals surface area contributed by atoms with Crippen LogP contribution < -0.4 is 4.90 Å². The number of fused-ring (bicyclic) bond motifs is 2. The number of aromatic nitrogens is 2. The van der Waals surface area contributed by atoms with Crippen LogP contribution in [-0.4, -0.2) is 40.2 Å². The van der Waals surface area contributed by atoms with E-state index in [4.69, 9.17) is 0 Å². The molecule has 1 amide bonds. The molecule has 3 heterocycles. The summed E-state index contributed by atoms with van der Waals surface area (Å²) < 4.78 is 1.83. The molecule has 2 aliphatic rings. The van der Waals surface area contributed by atoms with Crippen molar-refractivity contribution in [2.24, 2.45) is 13.0 Å². The van der Waals surface area contributed by atoms with Gasteiger partial charge in [-0.2, -0.15) is 5.10 Å². The zero-order chi connectivity index (χ0) is 17.6. The molecular formula is C20H26N4O. The Labute approximate surface area is 149 Å². The van der Waals surface area contributed by atoms with Crippen LogP contribution in [0, 0.1) is 5.92 Å². The van der Waals surface area contributed by atoms with E-state index in [1.807, 2.05) is 28.9 Å². The van der Waals surface area contributed by atoms with E-state index < -0.39 is 0 Å². The van der Waals surface area contributed by atoms with Crippen LogP contribution in [0.5, 0.6) is 0 Å². The number of rotatable bonds is 4. The van der Waals surface area contributed by atoms with E-state index in [9.17, 15) is 4.79 Å². The van der Waals surface area contributed by atoms with E-state index in [2.05, 4.69) is 48.2 Å². The van der Waals surface area contributed by atoms with Gasteiger partial charge in [-0.05, 0) is 30.5 Å². The molecule has 1 aromatic heterocycles. The van der Waals surface area contributed by atoms with Crippen LogP contribution in [0.1, 0.15) is 31.4 Å².